The summed E-state index contributed by atoms with van der Waals surface area (Å²) in [5.74, 6) is 0.628. The van der Waals surface area contributed by atoms with Gasteiger partial charge < -0.3 is 0 Å². The van der Waals surface area contributed by atoms with Crippen molar-refractivity contribution in [3.8, 4) is 0 Å². The Morgan fingerprint density at radius 3 is 2.17 bits per heavy atom. The Labute approximate surface area is 112 Å². The molecule has 0 amide bonds. The fourth-order valence-electron chi connectivity index (χ4n) is 2.05. The fraction of sp³-hybridized carbons (Fsp3) is 0.444. The first-order valence-electron chi connectivity index (χ1n) is 7.20. The Morgan fingerprint density at radius 2 is 1.67 bits per heavy atom. The molecule has 0 N–H and O–H groups in total. The summed E-state index contributed by atoms with van der Waals surface area (Å²) in [5.41, 5.74) is 4.31. The van der Waals surface area contributed by atoms with Crippen molar-refractivity contribution in [1.82, 2.24) is 0 Å². The van der Waals surface area contributed by atoms with Gasteiger partial charge in [0.1, 0.15) is 0 Å². The van der Waals surface area contributed by atoms with Gasteiger partial charge in [-0.1, -0.05) is 70.2 Å². The van der Waals surface area contributed by atoms with Crippen LogP contribution in [0, 0.1) is 0 Å². The van der Waals surface area contributed by atoms with Gasteiger partial charge in [-0.3, -0.25) is 0 Å². The average Bonchev–Trinajstić information content (AvgIpc) is 2.43. The standard InChI is InChI=1S/C16H20.C2H6/c1-13(2)16-10-8-15(9-11-16)12-14-6-4-3-5-7-14;1-2/h4,6-11,13H,3,5,12H2,1-2H3;1-2H3. The molecule has 1 aliphatic rings. The van der Waals surface area contributed by atoms with Gasteiger partial charge in [0.05, 0.1) is 0 Å². The fourth-order valence-corrected chi connectivity index (χ4v) is 2.05. The Kier molecular flexibility index (Phi) is 6.49. The van der Waals surface area contributed by atoms with Crippen LogP contribution >= 0.6 is 0 Å². The third-order valence-electron chi connectivity index (χ3n) is 3.13. The second-order valence-corrected chi connectivity index (χ2v) is 4.83. The highest BCUT2D eigenvalue weighted by atomic mass is 14.1. The molecule has 1 aromatic carbocycles. The zero-order valence-electron chi connectivity index (χ0n) is 12.2. The van der Waals surface area contributed by atoms with Crippen molar-refractivity contribution >= 4 is 0 Å². The lowest BCUT2D eigenvalue weighted by Crippen LogP contribution is -1.93. The monoisotopic (exact) mass is 242 g/mol. The maximum Gasteiger partial charge on any atom is -0.00290 e. The summed E-state index contributed by atoms with van der Waals surface area (Å²) in [6, 6.07) is 9.04. The van der Waals surface area contributed by atoms with Gasteiger partial charge in [0, 0.05) is 0 Å². The average molecular weight is 242 g/mol. The summed E-state index contributed by atoms with van der Waals surface area (Å²) < 4.78 is 0. The van der Waals surface area contributed by atoms with Crippen molar-refractivity contribution in [2.45, 2.75) is 52.9 Å². The lowest BCUT2D eigenvalue weighted by Gasteiger charge is -2.09. The first-order valence-corrected chi connectivity index (χ1v) is 7.20. The highest BCUT2D eigenvalue weighted by Crippen LogP contribution is 2.18. The van der Waals surface area contributed by atoms with Crippen molar-refractivity contribution in [2.75, 3.05) is 0 Å². The molecule has 0 nitrogen and oxygen atoms in total. The maximum absolute atomic E-state index is 2.36. The van der Waals surface area contributed by atoms with Gasteiger partial charge in [-0.25, -0.2) is 0 Å². The first kappa shape index (κ1) is 14.8. The Bertz CT molecular complexity index is 391. The number of allylic oxidation sites excluding steroid dienone is 4. The van der Waals surface area contributed by atoms with Crippen molar-refractivity contribution in [3.05, 3.63) is 59.2 Å². The van der Waals surface area contributed by atoms with E-state index in [9.17, 15) is 0 Å². The van der Waals surface area contributed by atoms with E-state index >= 15 is 0 Å². The quantitative estimate of drug-likeness (QED) is 0.642. The Balaban J connectivity index is 0.000000771. The summed E-state index contributed by atoms with van der Waals surface area (Å²) >= 11 is 0. The molecular weight excluding hydrogens is 216 g/mol. The van der Waals surface area contributed by atoms with E-state index in [0.717, 1.165) is 6.42 Å². The minimum atomic E-state index is 0.628. The van der Waals surface area contributed by atoms with Crippen LogP contribution in [0.2, 0.25) is 0 Å². The highest BCUT2D eigenvalue weighted by Gasteiger charge is 2.01. The molecule has 0 fully saturated rings. The van der Waals surface area contributed by atoms with Crippen LogP contribution in [0.4, 0.5) is 0 Å². The molecule has 0 aliphatic heterocycles. The lowest BCUT2D eigenvalue weighted by atomic mass is 9.97. The molecule has 0 heteroatoms. The predicted molar refractivity (Wildman–Crippen MR) is 82.0 cm³/mol. The zero-order chi connectivity index (χ0) is 13.4. The first-order chi connectivity index (χ1) is 8.75. The van der Waals surface area contributed by atoms with Crippen LogP contribution in [0.25, 0.3) is 0 Å². The van der Waals surface area contributed by atoms with E-state index in [1.54, 1.807) is 0 Å². The molecule has 98 valence electrons. The smallest absolute Gasteiger partial charge is 0.00290 e. The lowest BCUT2D eigenvalue weighted by molar-refractivity contribution is 0.865. The SMILES string of the molecule is CC.CC(C)c1ccc(CC2=CCCC=C2)cc1. The van der Waals surface area contributed by atoms with E-state index in [1.165, 1.54) is 29.5 Å². The summed E-state index contributed by atoms with van der Waals surface area (Å²) in [5, 5.41) is 0. The van der Waals surface area contributed by atoms with Crippen LogP contribution in [-0.4, -0.2) is 0 Å². The van der Waals surface area contributed by atoms with E-state index in [2.05, 4.69) is 56.3 Å². The molecule has 0 atom stereocenters. The van der Waals surface area contributed by atoms with Gasteiger partial charge in [-0.05, 0) is 41.9 Å². The maximum atomic E-state index is 2.36. The highest BCUT2D eigenvalue weighted by molar-refractivity contribution is 5.32. The molecule has 0 heterocycles. The zero-order valence-corrected chi connectivity index (χ0v) is 12.2. The number of benzene rings is 1. The van der Waals surface area contributed by atoms with Gasteiger partial charge >= 0.3 is 0 Å². The normalized spacial score (nSPS) is 13.9. The summed E-state index contributed by atoms with van der Waals surface area (Å²) in [6.45, 7) is 8.48. The third-order valence-corrected chi connectivity index (χ3v) is 3.13. The van der Waals surface area contributed by atoms with Gasteiger partial charge in [-0.2, -0.15) is 0 Å². The van der Waals surface area contributed by atoms with E-state index in [0.29, 0.717) is 5.92 Å². The van der Waals surface area contributed by atoms with E-state index in [-0.39, 0.29) is 0 Å². The van der Waals surface area contributed by atoms with Crippen LogP contribution in [0.5, 0.6) is 0 Å². The van der Waals surface area contributed by atoms with Crippen LogP contribution in [0.3, 0.4) is 0 Å². The van der Waals surface area contributed by atoms with Gasteiger partial charge in [0.15, 0.2) is 0 Å². The van der Waals surface area contributed by atoms with Crippen molar-refractivity contribution in [2.24, 2.45) is 0 Å². The molecule has 18 heavy (non-hydrogen) atoms. The van der Waals surface area contributed by atoms with Gasteiger partial charge in [0.25, 0.3) is 0 Å². The molecule has 0 saturated heterocycles. The molecule has 0 saturated carbocycles. The van der Waals surface area contributed by atoms with Crippen LogP contribution in [0.1, 0.15) is 57.6 Å². The minimum Gasteiger partial charge on any atom is -0.0840 e. The molecule has 0 radical (unpaired) electrons. The van der Waals surface area contributed by atoms with Crippen LogP contribution in [0.15, 0.2) is 48.1 Å². The second-order valence-electron chi connectivity index (χ2n) is 4.83. The third kappa shape index (κ3) is 4.52. The van der Waals surface area contributed by atoms with Gasteiger partial charge in [0.2, 0.25) is 0 Å². The van der Waals surface area contributed by atoms with E-state index in [1.807, 2.05) is 13.8 Å². The molecule has 1 aromatic rings. The Hall–Kier alpha value is -1.30. The largest absolute Gasteiger partial charge is 0.0840 e. The van der Waals surface area contributed by atoms with Crippen molar-refractivity contribution < 1.29 is 0 Å². The molecule has 0 aromatic heterocycles. The second kappa shape index (κ2) is 7.92. The van der Waals surface area contributed by atoms with E-state index < -0.39 is 0 Å². The molecule has 1 aliphatic carbocycles. The molecule has 0 unspecified atom stereocenters. The van der Waals surface area contributed by atoms with Crippen LogP contribution < -0.4 is 0 Å². The van der Waals surface area contributed by atoms with E-state index in [4.69, 9.17) is 0 Å². The summed E-state index contributed by atoms with van der Waals surface area (Å²) in [4.78, 5) is 0. The van der Waals surface area contributed by atoms with Crippen LogP contribution in [-0.2, 0) is 6.42 Å². The molecular formula is C18H26. The summed E-state index contributed by atoms with van der Waals surface area (Å²) in [6.07, 6.45) is 10.4. The topological polar surface area (TPSA) is 0 Å². The summed E-state index contributed by atoms with van der Waals surface area (Å²) in [7, 11) is 0. The number of hydrogen-bond acceptors (Lipinski definition) is 0. The van der Waals surface area contributed by atoms with Crippen molar-refractivity contribution in [3.63, 3.8) is 0 Å². The van der Waals surface area contributed by atoms with Gasteiger partial charge in [-0.15, -0.1) is 0 Å². The predicted octanol–water partition coefficient (Wildman–Crippen LogP) is 5.66. The molecule has 0 spiro atoms. The minimum absolute atomic E-state index is 0.628. The number of rotatable bonds is 3. The molecule has 2 rings (SSSR count). The number of hydrogen-bond donors (Lipinski definition) is 0. The van der Waals surface area contributed by atoms with Crippen molar-refractivity contribution in [1.29, 1.82) is 0 Å². The Morgan fingerprint density at radius 1 is 1.00 bits per heavy atom. The molecule has 0 bridgehead atoms.